The number of fused-ring (bicyclic) bond motifs is 3. The van der Waals surface area contributed by atoms with Gasteiger partial charge in [-0.25, -0.2) is 0 Å². The summed E-state index contributed by atoms with van der Waals surface area (Å²) >= 11 is 7.32. The minimum Gasteiger partial charge on any atom is -0.0805 e. The highest BCUT2D eigenvalue weighted by atomic mass is 79.9. The predicted molar refractivity (Wildman–Crippen MR) is 105 cm³/mol. The van der Waals surface area contributed by atoms with E-state index in [2.05, 4.69) is 93.4 Å². The topological polar surface area (TPSA) is 0 Å². The van der Waals surface area contributed by atoms with Gasteiger partial charge in [-0.05, 0) is 65.3 Å². The molecule has 4 rings (SSSR count). The van der Waals surface area contributed by atoms with Gasteiger partial charge in [0.25, 0.3) is 0 Å². The first-order valence-corrected chi connectivity index (χ1v) is 9.66. The minimum atomic E-state index is 0.469. The molecule has 0 fully saturated rings. The third kappa shape index (κ3) is 2.77. The summed E-state index contributed by atoms with van der Waals surface area (Å²) in [7, 11) is 0. The van der Waals surface area contributed by atoms with Gasteiger partial charge >= 0.3 is 0 Å². The van der Waals surface area contributed by atoms with Gasteiger partial charge in [0.1, 0.15) is 0 Å². The van der Waals surface area contributed by atoms with Gasteiger partial charge in [-0.2, -0.15) is 0 Å². The number of rotatable bonds is 3. The average molecular weight is 430 g/mol. The lowest BCUT2D eigenvalue weighted by Crippen LogP contribution is -2.10. The maximum absolute atomic E-state index is 3.66. The Morgan fingerprint density at radius 3 is 2.13 bits per heavy atom. The molecule has 0 aromatic heterocycles. The Kier molecular flexibility index (Phi) is 4.07. The molecule has 0 spiro atoms. The molecule has 2 aliphatic carbocycles. The zero-order valence-electron chi connectivity index (χ0n) is 13.0. The first-order chi connectivity index (χ1) is 11.1. The van der Waals surface area contributed by atoms with E-state index < -0.39 is 0 Å². The Balaban J connectivity index is 1.79. The molecule has 0 saturated carbocycles. The SMILES string of the molecule is CC(CC1=CC=CC1)C1c2cc(Br)ccc2-c2ccc(Br)cc21. The fourth-order valence-electron chi connectivity index (χ4n) is 4.03. The molecule has 0 radical (unpaired) electrons. The van der Waals surface area contributed by atoms with Crippen molar-refractivity contribution in [3.05, 3.63) is 80.3 Å². The number of halogens is 2. The molecule has 0 bridgehead atoms. The molecule has 116 valence electrons. The van der Waals surface area contributed by atoms with Crippen LogP contribution in [-0.4, -0.2) is 0 Å². The van der Waals surface area contributed by atoms with Gasteiger partial charge in [-0.3, -0.25) is 0 Å². The van der Waals surface area contributed by atoms with Gasteiger partial charge in [0.2, 0.25) is 0 Å². The van der Waals surface area contributed by atoms with Crippen LogP contribution in [0.1, 0.15) is 36.8 Å². The lowest BCUT2D eigenvalue weighted by atomic mass is 9.81. The Labute approximate surface area is 154 Å². The molecule has 2 aromatic carbocycles. The van der Waals surface area contributed by atoms with Crippen LogP contribution in [0.5, 0.6) is 0 Å². The highest BCUT2D eigenvalue weighted by molar-refractivity contribution is 9.10. The van der Waals surface area contributed by atoms with Crippen molar-refractivity contribution in [3.8, 4) is 11.1 Å². The molecular formula is C21H18Br2. The number of allylic oxidation sites excluding steroid dienone is 4. The monoisotopic (exact) mass is 428 g/mol. The molecule has 2 aliphatic rings. The van der Waals surface area contributed by atoms with Gasteiger partial charge in [0.05, 0.1) is 0 Å². The Morgan fingerprint density at radius 1 is 1.00 bits per heavy atom. The second kappa shape index (κ2) is 6.07. The van der Waals surface area contributed by atoms with E-state index in [0.717, 1.165) is 12.8 Å². The van der Waals surface area contributed by atoms with Crippen molar-refractivity contribution in [2.45, 2.75) is 25.7 Å². The molecule has 0 nitrogen and oxygen atoms in total. The van der Waals surface area contributed by atoms with E-state index in [1.54, 1.807) is 5.57 Å². The molecule has 0 heterocycles. The fourth-order valence-corrected chi connectivity index (χ4v) is 4.78. The lowest BCUT2D eigenvalue weighted by Gasteiger charge is -2.23. The quantitative estimate of drug-likeness (QED) is 0.482. The molecule has 23 heavy (non-hydrogen) atoms. The Hall–Kier alpha value is -1.12. The van der Waals surface area contributed by atoms with E-state index in [4.69, 9.17) is 0 Å². The lowest BCUT2D eigenvalue weighted by molar-refractivity contribution is 0.512. The molecule has 1 unspecified atom stereocenters. The van der Waals surface area contributed by atoms with Crippen LogP contribution in [0.2, 0.25) is 0 Å². The van der Waals surface area contributed by atoms with E-state index in [1.165, 1.54) is 31.2 Å². The standard InChI is InChI=1S/C21H18Br2/c1-13(10-14-4-2-3-5-14)21-19-11-15(22)6-8-17(19)18-9-7-16(23)12-20(18)21/h2-4,6-9,11-13,21H,5,10H2,1H3. The summed E-state index contributed by atoms with van der Waals surface area (Å²) in [4.78, 5) is 0. The summed E-state index contributed by atoms with van der Waals surface area (Å²) in [5.74, 6) is 1.06. The van der Waals surface area contributed by atoms with E-state index in [-0.39, 0.29) is 0 Å². The Morgan fingerprint density at radius 2 is 1.61 bits per heavy atom. The van der Waals surface area contributed by atoms with Gasteiger partial charge in [0, 0.05) is 14.9 Å². The van der Waals surface area contributed by atoms with Crippen molar-refractivity contribution in [2.75, 3.05) is 0 Å². The summed E-state index contributed by atoms with van der Waals surface area (Å²) in [6, 6.07) is 13.4. The van der Waals surface area contributed by atoms with Crippen LogP contribution in [-0.2, 0) is 0 Å². The first kappa shape index (κ1) is 15.4. The largest absolute Gasteiger partial charge is 0.0805 e. The molecule has 0 saturated heterocycles. The third-order valence-corrected chi connectivity index (χ3v) is 5.98. The van der Waals surface area contributed by atoms with Crippen molar-refractivity contribution >= 4 is 31.9 Å². The van der Waals surface area contributed by atoms with E-state index in [9.17, 15) is 0 Å². The van der Waals surface area contributed by atoms with Gasteiger partial charge in [0.15, 0.2) is 0 Å². The maximum atomic E-state index is 3.66. The van der Waals surface area contributed by atoms with E-state index >= 15 is 0 Å². The molecule has 2 aromatic rings. The third-order valence-electron chi connectivity index (χ3n) is 4.99. The van der Waals surface area contributed by atoms with Gasteiger partial charge < -0.3 is 0 Å². The molecule has 0 amide bonds. The molecule has 0 N–H and O–H groups in total. The predicted octanol–water partition coefficient (Wildman–Crippen LogP) is 7.24. The smallest absolute Gasteiger partial charge is 0.0178 e. The second-order valence-electron chi connectivity index (χ2n) is 6.58. The van der Waals surface area contributed by atoms with Crippen LogP contribution in [0.3, 0.4) is 0 Å². The van der Waals surface area contributed by atoms with Crippen LogP contribution < -0.4 is 0 Å². The van der Waals surface area contributed by atoms with Gasteiger partial charge in [-0.1, -0.05) is 74.7 Å². The minimum absolute atomic E-state index is 0.469. The highest BCUT2D eigenvalue weighted by Gasteiger charge is 2.33. The van der Waals surface area contributed by atoms with E-state index in [1.807, 2.05) is 0 Å². The molecule has 2 heteroatoms. The molecule has 0 aliphatic heterocycles. The number of hydrogen-bond acceptors (Lipinski definition) is 0. The summed E-state index contributed by atoms with van der Waals surface area (Å²) in [5, 5.41) is 0. The van der Waals surface area contributed by atoms with Crippen molar-refractivity contribution in [1.29, 1.82) is 0 Å². The molecule has 1 atom stereocenters. The highest BCUT2D eigenvalue weighted by Crippen LogP contribution is 2.50. The first-order valence-electron chi connectivity index (χ1n) is 8.07. The zero-order chi connectivity index (χ0) is 16.0. The maximum Gasteiger partial charge on any atom is 0.0178 e. The summed E-state index contributed by atoms with van der Waals surface area (Å²) in [6.07, 6.45) is 9.01. The number of hydrogen-bond donors (Lipinski definition) is 0. The summed E-state index contributed by atoms with van der Waals surface area (Å²) < 4.78 is 2.34. The normalized spacial score (nSPS) is 17.1. The molecular weight excluding hydrogens is 412 g/mol. The summed E-state index contributed by atoms with van der Waals surface area (Å²) in [6.45, 7) is 2.39. The van der Waals surface area contributed by atoms with Crippen LogP contribution in [0, 0.1) is 5.92 Å². The van der Waals surface area contributed by atoms with Crippen LogP contribution in [0.4, 0.5) is 0 Å². The van der Waals surface area contributed by atoms with Gasteiger partial charge in [-0.15, -0.1) is 0 Å². The Bertz CT molecular complexity index is 778. The van der Waals surface area contributed by atoms with Crippen molar-refractivity contribution in [3.63, 3.8) is 0 Å². The summed E-state index contributed by atoms with van der Waals surface area (Å²) in [5.41, 5.74) is 7.27. The van der Waals surface area contributed by atoms with Crippen molar-refractivity contribution in [2.24, 2.45) is 5.92 Å². The van der Waals surface area contributed by atoms with Crippen molar-refractivity contribution < 1.29 is 0 Å². The second-order valence-corrected chi connectivity index (χ2v) is 8.41. The number of benzene rings is 2. The van der Waals surface area contributed by atoms with Crippen LogP contribution in [0.15, 0.2) is 69.1 Å². The van der Waals surface area contributed by atoms with Crippen LogP contribution >= 0.6 is 31.9 Å². The van der Waals surface area contributed by atoms with E-state index in [0.29, 0.717) is 11.8 Å². The fraction of sp³-hybridized carbons (Fsp3) is 0.238. The van der Waals surface area contributed by atoms with Crippen LogP contribution in [0.25, 0.3) is 11.1 Å². The average Bonchev–Trinajstić information content (AvgIpc) is 3.11. The zero-order valence-corrected chi connectivity index (χ0v) is 16.2. The van der Waals surface area contributed by atoms with Crippen molar-refractivity contribution in [1.82, 2.24) is 0 Å².